The number of fused-ring (bicyclic) bond motifs is 1. The predicted octanol–water partition coefficient (Wildman–Crippen LogP) is 5.03. The first-order valence-electron chi connectivity index (χ1n) is 12.5. The number of rotatable bonds is 5. The SMILES string of the molecule is CC(CCN1CCC(F)C1)[C@H]1CC[C@H]2C(=CC=C3C[C@@H](O)C[C@H](O)C3)CCC[C@]12C. The standard InChI is InChI=1S/C26H42FNO2/c1-18(9-12-28-13-10-21(27)17-28)24-7-8-25-20(4-3-11-26(24,25)2)6-5-19-14-22(29)16-23(30)15-19/h5-6,18,21-25,29-30H,3-4,7-17H2,1-2H3/t18?,21?,22-,23-,24-,25+,26-/m1/s1. The molecule has 0 spiro atoms. The van der Waals surface area contributed by atoms with Gasteiger partial charge in [-0.1, -0.05) is 37.1 Å². The van der Waals surface area contributed by atoms with Crippen LogP contribution in [0.4, 0.5) is 4.39 Å². The van der Waals surface area contributed by atoms with Crippen LogP contribution in [-0.2, 0) is 0 Å². The third-order valence-corrected chi connectivity index (χ3v) is 8.91. The van der Waals surface area contributed by atoms with Gasteiger partial charge in [0.25, 0.3) is 0 Å². The number of alkyl halides is 1. The van der Waals surface area contributed by atoms with E-state index in [9.17, 15) is 14.6 Å². The second kappa shape index (κ2) is 9.42. The molecule has 170 valence electrons. The summed E-state index contributed by atoms with van der Waals surface area (Å²) in [6, 6.07) is 0. The van der Waals surface area contributed by atoms with Crippen LogP contribution in [0.1, 0.15) is 78.1 Å². The van der Waals surface area contributed by atoms with Gasteiger partial charge in [0.1, 0.15) is 6.17 Å². The molecule has 0 aromatic carbocycles. The molecule has 3 aliphatic carbocycles. The first-order chi connectivity index (χ1) is 14.3. The van der Waals surface area contributed by atoms with Gasteiger partial charge in [-0.15, -0.1) is 0 Å². The van der Waals surface area contributed by atoms with Gasteiger partial charge in [0.2, 0.25) is 0 Å². The van der Waals surface area contributed by atoms with Gasteiger partial charge in [0.15, 0.2) is 0 Å². The highest BCUT2D eigenvalue weighted by Gasteiger charge is 2.50. The van der Waals surface area contributed by atoms with Crippen LogP contribution < -0.4 is 0 Å². The van der Waals surface area contributed by atoms with Gasteiger partial charge in [-0.2, -0.15) is 0 Å². The van der Waals surface area contributed by atoms with E-state index in [0.717, 1.165) is 25.4 Å². The molecule has 0 bridgehead atoms. The molecule has 1 heterocycles. The summed E-state index contributed by atoms with van der Waals surface area (Å²) in [4.78, 5) is 2.32. The number of nitrogens with zero attached hydrogens (tertiary/aromatic N) is 1. The molecule has 4 rings (SSSR count). The molecule has 4 heteroatoms. The molecule has 0 radical (unpaired) electrons. The van der Waals surface area contributed by atoms with Crippen molar-refractivity contribution in [2.45, 2.75) is 96.4 Å². The van der Waals surface area contributed by atoms with E-state index >= 15 is 0 Å². The maximum Gasteiger partial charge on any atom is 0.114 e. The highest BCUT2D eigenvalue weighted by molar-refractivity contribution is 5.26. The first kappa shape index (κ1) is 22.5. The van der Waals surface area contributed by atoms with Crippen molar-refractivity contribution in [1.82, 2.24) is 4.90 Å². The largest absolute Gasteiger partial charge is 0.393 e. The van der Waals surface area contributed by atoms with E-state index in [0.29, 0.717) is 43.1 Å². The maximum absolute atomic E-state index is 13.5. The molecular formula is C26H42FNO2. The summed E-state index contributed by atoms with van der Waals surface area (Å²) in [5, 5.41) is 19.9. The molecule has 1 saturated heterocycles. The Morgan fingerprint density at radius 2 is 1.93 bits per heavy atom. The lowest BCUT2D eigenvalue weighted by molar-refractivity contribution is 0.0609. The number of aliphatic hydroxyl groups excluding tert-OH is 2. The molecule has 7 atom stereocenters. The fraction of sp³-hybridized carbons (Fsp3) is 0.846. The van der Waals surface area contributed by atoms with Crippen molar-refractivity contribution in [3.05, 3.63) is 23.3 Å². The number of aliphatic hydroxyl groups is 2. The summed E-state index contributed by atoms with van der Waals surface area (Å²) >= 11 is 0. The molecule has 2 N–H and O–H groups in total. The smallest absolute Gasteiger partial charge is 0.114 e. The zero-order chi connectivity index (χ0) is 21.3. The molecule has 0 aromatic rings. The maximum atomic E-state index is 13.5. The number of allylic oxidation sites excluding steroid dienone is 3. The van der Waals surface area contributed by atoms with Crippen molar-refractivity contribution < 1.29 is 14.6 Å². The summed E-state index contributed by atoms with van der Waals surface area (Å²) in [5.41, 5.74) is 3.18. The van der Waals surface area contributed by atoms with E-state index in [1.54, 1.807) is 5.57 Å². The highest BCUT2D eigenvalue weighted by Crippen LogP contribution is 2.59. The van der Waals surface area contributed by atoms with Crippen LogP contribution in [0, 0.1) is 23.2 Å². The van der Waals surface area contributed by atoms with Crippen molar-refractivity contribution in [2.24, 2.45) is 23.2 Å². The first-order valence-corrected chi connectivity index (χ1v) is 12.5. The third-order valence-electron chi connectivity index (χ3n) is 8.91. The molecule has 0 aromatic heterocycles. The van der Waals surface area contributed by atoms with E-state index < -0.39 is 18.4 Å². The lowest BCUT2D eigenvalue weighted by atomic mass is 9.61. The zero-order valence-corrected chi connectivity index (χ0v) is 19.0. The van der Waals surface area contributed by atoms with Crippen molar-refractivity contribution >= 4 is 0 Å². The van der Waals surface area contributed by atoms with Crippen molar-refractivity contribution in [2.75, 3.05) is 19.6 Å². The van der Waals surface area contributed by atoms with Crippen molar-refractivity contribution in [1.29, 1.82) is 0 Å². The Labute approximate surface area is 182 Å². The van der Waals surface area contributed by atoms with Gasteiger partial charge in [-0.3, -0.25) is 0 Å². The average Bonchev–Trinajstić information content (AvgIpc) is 3.26. The lowest BCUT2D eigenvalue weighted by Gasteiger charge is -2.44. The highest BCUT2D eigenvalue weighted by atomic mass is 19.1. The van der Waals surface area contributed by atoms with Crippen LogP contribution in [-0.4, -0.2) is 53.1 Å². The van der Waals surface area contributed by atoms with E-state index in [4.69, 9.17) is 0 Å². The molecule has 0 amide bonds. The molecule has 2 unspecified atom stereocenters. The average molecular weight is 420 g/mol. The van der Waals surface area contributed by atoms with Crippen LogP contribution in [0.3, 0.4) is 0 Å². The minimum absolute atomic E-state index is 0.390. The van der Waals surface area contributed by atoms with E-state index in [1.807, 2.05) is 0 Å². The molecule has 4 fully saturated rings. The van der Waals surface area contributed by atoms with Crippen molar-refractivity contribution in [3.63, 3.8) is 0 Å². The van der Waals surface area contributed by atoms with Crippen LogP contribution in [0.2, 0.25) is 0 Å². The summed E-state index contributed by atoms with van der Waals surface area (Å²) in [6.07, 6.45) is 13.4. The normalized spacial score (nSPS) is 42.5. The molecule has 4 aliphatic rings. The fourth-order valence-electron chi connectivity index (χ4n) is 7.32. The summed E-state index contributed by atoms with van der Waals surface area (Å²) in [7, 11) is 0. The van der Waals surface area contributed by atoms with Crippen LogP contribution >= 0.6 is 0 Å². The second-order valence-electron chi connectivity index (χ2n) is 11.1. The zero-order valence-electron chi connectivity index (χ0n) is 19.0. The molecule has 3 saturated carbocycles. The minimum atomic E-state index is -0.611. The van der Waals surface area contributed by atoms with Gasteiger partial charge in [0, 0.05) is 13.1 Å². The van der Waals surface area contributed by atoms with Gasteiger partial charge in [0.05, 0.1) is 12.2 Å². The minimum Gasteiger partial charge on any atom is -0.393 e. The Morgan fingerprint density at radius 3 is 2.63 bits per heavy atom. The summed E-state index contributed by atoms with van der Waals surface area (Å²) in [6.45, 7) is 7.60. The molecule has 30 heavy (non-hydrogen) atoms. The van der Waals surface area contributed by atoms with Crippen LogP contribution in [0.15, 0.2) is 23.3 Å². The topological polar surface area (TPSA) is 43.7 Å². The Morgan fingerprint density at radius 1 is 1.17 bits per heavy atom. The van der Waals surface area contributed by atoms with Gasteiger partial charge < -0.3 is 15.1 Å². The number of hydrogen-bond donors (Lipinski definition) is 2. The van der Waals surface area contributed by atoms with Gasteiger partial charge in [-0.05, 0) is 93.9 Å². The number of likely N-dealkylation sites (tertiary alicyclic amines) is 1. The molecule has 3 nitrogen and oxygen atoms in total. The van der Waals surface area contributed by atoms with Crippen LogP contribution in [0.5, 0.6) is 0 Å². The van der Waals surface area contributed by atoms with Crippen molar-refractivity contribution in [3.8, 4) is 0 Å². The summed E-state index contributed by atoms with van der Waals surface area (Å²) < 4.78 is 13.5. The van der Waals surface area contributed by atoms with Gasteiger partial charge >= 0.3 is 0 Å². The number of hydrogen-bond acceptors (Lipinski definition) is 3. The van der Waals surface area contributed by atoms with E-state index in [2.05, 4.69) is 30.9 Å². The Bertz CT molecular complexity index is 649. The van der Waals surface area contributed by atoms with E-state index in [1.165, 1.54) is 44.1 Å². The Kier molecular flexibility index (Phi) is 7.06. The Hall–Kier alpha value is -0.710. The van der Waals surface area contributed by atoms with Crippen LogP contribution in [0.25, 0.3) is 0 Å². The fourth-order valence-corrected chi connectivity index (χ4v) is 7.32. The lowest BCUT2D eigenvalue weighted by Crippen LogP contribution is -2.37. The Balaban J connectivity index is 1.40. The monoisotopic (exact) mass is 419 g/mol. The second-order valence-corrected chi connectivity index (χ2v) is 11.1. The third kappa shape index (κ3) is 4.86. The molecular weight excluding hydrogens is 377 g/mol. The molecule has 1 aliphatic heterocycles. The van der Waals surface area contributed by atoms with E-state index in [-0.39, 0.29) is 0 Å². The number of halogens is 1. The quantitative estimate of drug-likeness (QED) is 0.657. The predicted molar refractivity (Wildman–Crippen MR) is 120 cm³/mol. The summed E-state index contributed by atoms with van der Waals surface area (Å²) in [5.74, 6) is 2.14. The van der Waals surface area contributed by atoms with Gasteiger partial charge in [-0.25, -0.2) is 4.39 Å².